The lowest BCUT2D eigenvalue weighted by Crippen LogP contribution is -2.28. The van der Waals surface area contributed by atoms with Gasteiger partial charge in [0.05, 0.1) is 28.8 Å². The van der Waals surface area contributed by atoms with Crippen LogP contribution in [0.5, 0.6) is 0 Å². The predicted molar refractivity (Wildman–Crippen MR) is 104 cm³/mol. The molecule has 0 saturated carbocycles. The van der Waals surface area contributed by atoms with Gasteiger partial charge in [-0.3, -0.25) is 14.2 Å². The minimum Gasteiger partial charge on any atom is -0.324 e. The van der Waals surface area contributed by atoms with Gasteiger partial charge in [-0.2, -0.15) is 5.10 Å². The fourth-order valence-electron chi connectivity index (χ4n) is 3.24. The number of halogens is 2. The molecule has 1 amide bonds. The molecular weight excluding hydrogens is 425 g/mol. The summed E-state index contributed by atoms with van der Waals surface area (Å²) >= 11 is 5.68. The fourth-order valence-corrected chi connectivity index (χ4v) is 5.12. The number of nitrogens with zero attached hydrogens (tertiary/aromatic N) is 4. The molecule has 9 nitrogen and oxygen atoms in total. The highest BCUT2D eigenvalue weighted by atomic mass is 35.5. The zero-order valence-electron chi connectivity index (χ0n) is 14.9. The highest BCUT2D eigenvalue weighted by Crippen LogP contribution is 2.25. The minimum absolute atomic E-state index is 0.0445. The van der Waals surface area contributed by atoms with Crippen molar-refractivity contribution < 1.29 is 17.6 Å². The van der Waals surface area contributed by atoms with Crippen LogP contribution < -0.4 is 10.9 Å². The molecule has 1 unspecified atom stereocenters. The summed E-state index contributed by atoms with van der Waals surface area (Å²) in [6.07, 6.45) is 2.94. The molecule has 4 rings (SSSR count). The Morgan fingerprint density at radius 1 is 1.38 bits per heavy atom. The number of hydrogen-bond acceptors (Lipinski definition) is 6. The second-order valence-electron chi connectivity index (χ2n) is 6.74. The second kappa shape index (κ2) is 7.23. The van der Waals surface area contributed by atoms with E-state index in [1.807, 2.05) is 0 Å². The maximum atomic E-state index is 13.2. The molecule has 1 N–H and O–H groups in total. The SMILES string of the molecule is O=C(Cn1cnc2c(cnn2C2CCS(=O)(=O)C2)c1=O)Nc1ccc(F)c(Cl)c1. The molecule has 12 heteroatoms. The summed E-state index contributed by atoms with van der Waals surface area (Å²) in [5.41, 5.74) is 0.0900. The first-order valence-corrected chi connectivity index (χ1v) is 10.8. The molecule has 0 radical (unpaired) electrons. The van der Waals surface area contributed by atoms with Crippen molar-refractivity contribution in [1.29, 1.82) is 0 Å². The van der Waals surface area contributed by atoms with Crippen molar-refractivity contribution in [3.05, 3.63) is 51.9 Å². The Kier molecular flexibility index (Phi) is 4.87. The number of aromatic nitrogens is 4. The van der Waals surface area contributed by atoms with E-state index in [0.29, 0.717) is 12.1 Å². The molecule has 1 aromatic carbocycles. The van der Waals surface area contributed by atoms with Crippen LogP contribution in [0.4, 0.5) is 10.1 Å². The van der Waals surface area contributed by atoms with Gasteiger partial charge in [-0.1, -0.05) is 11.6 Å². The van der Waals surface area contributed by atoms with Crippen LogP contribution in [0.25, 0.3) is 11.0 Å². The van der Waals surface area contributed by atoms with Gasteiger partial charge >= 0.3 is 0 Å². The molecule has 1 aliphatic heterocycles. The van der Waals surface area contributed by atoms with E-state index >= 15 is 0 Å². The quantitative estimate of drug-likeness (QED) is 0.656. The molecule has 1 fully saturated rings. The lowest BCUT2D eigenvalue weighted by Gasteiger charge is -2.10. The van der Waals surface area contributed by atoms with Crippen LogP contribution in [-0.4, -0.2) is 45.2 Å². The Morgan fingerprint density at radius 2 is 2.17 bits per heavy atom. The number of benzene rings is 1. The summed E-state index contributed by atoms with van der Waals surface area (Å²) in [6, 6.07) is 3.36. The van der Waals surface area contributed by atoms with E-state index in [0.717, 1.165) is 10.6 Å². The van der Waals surface area contributed by atoms with Crippen LogP contribution in [0.1, 0.15) is 12.5 Å². The normalized spacial score (nSPS) is 18.2. The third-order valence-corrected chi connectivity index (χ3v) is 6.69. The average molecular weight is 440 g/mol. The van der Waals surface area contributed by atoms with Crippen molar-refractivity contribution in [3.8, 4) is 0 Å². The van der Waals surface area contributed by atoms with Gasteiger partial charge in [0, 0.05) is 5.69 Å². The van der Waals surface area contributed by atoms with Crippen molar-refractivity contribution in [2.45, 2.75) is 19.0 Å². The molecule has 3 aromatic rings. The zero-order valence-corrected chi connectivity index (χ0v) is 16.5. The number of amides is 1. The number of anilines is 1. The molecule has 29 heavy (non-hydrogen) atoms. The van der Waals surface area contributed by atoms with Gasteiger partial charge in [-0.05, 0) is 24.6 Å². The highest BCUT2D eigenvalue weighted by Gasteiger charge is 2.31. The molecule has 152 valence electrons. The first-order chi connectivity index (χ1) is 13.7. The third-order valence-electron chi connectivity index (χ3n) is 4.65. The first kappa shape index (κ1) is 19.5. The van der Waals surface area contributed by atoms with Crippen molar-refractivity contribution in [2.24, 2.45) is 0 Å². The number of nitrogens with one attached hydrogen (secondary N) is 1. The predicted octanol–water partition coefficient (Wildman–Crippen LogP) is 1.38. The summed E-state index contributed by atoms with van der Waals surface area (Å²) in [4.78, 5) is 29.1. The third kappa shape index (κ3) is 3.87. The monoisotopic (exact) mass is 439 g/mol. The van der Waals surface area contributed by atoms with Crippen LogP contribution in [0.3, 0.4) is 0 Å². The van der Waals surface area contributed by atoms with Gasteiger partial charge < -0.3 is 5.32 Å². The second-order valence-corrected chi connectivity index (χ2v) is 9.37. The zero-order chi connectivity index (χ0) is 20.8. The number of fused-ring (bicyclic) bond motifs is 1. The van der Waals surface area contributed by atoms with Crippen LogP contribution in [-0.2, 0) is 21.2 Å². The molecule has 2 aromatic heterocycles. The molecule has 0 bridgehead atoms. The van der Waals surface area contributed by atoms with Crippen LogP contribution in [0.2, 0.25) is 5.02 Å². The van der Waals surface area contributed by atoms with E-state index in [1.54, 1.807) is 0 Å². The largest absolute Gasteiger partial charge is 0.324 e. The van der Waals surface area contributed by atoms with Gasteiger partial charge in [0.1, 0.15) is 24.1 Å². The van der Waals surface area contributed by atoms with Gasteiger partial charge in [0.2, 0.25) is 5.91 Å². The molecule has 0 spiro atoms. The fraction of sp³-hybridized carbons (Fsp3) is 0.294. The Bertz CT molecular complexity index is 1290. The average Bonchev–Trinajstić information content (AvgIpc) is 3.24. The summed E-state index contributed by atoms with van der Waals surface area (Å²) in [7, 11) is -3.12. The van der Waals surface area contributed by atoms with E-state index in [9.17, 15) is 22.4 Å². The summed E-state index contributed by atoms with van der Waals surface area (Å²) in [5, 5.41) is 6.72. The van der Waals surface area contributed by atoms with Gasteiger partial charge in [0.15, 0.2) is 15.5 Å². The highest BCUT2D eigenvalue weighted by molar-refractivity contribution is 7.91. The van der Waals surface area contributed by atoms with Crippen molar-refractivity contribution in [3.63, 3.8) is 0 Å². The number of carbonyl (C=O) groups is 1. The molecule has 1 aliphatic rings. The Labute approximate surface area is 169 Å². The van der Waals surface area contributed by atoms with E-state index < -0.39 is 27.1 Å². The van der Waals surface area contributed by atoms with E-state index in [2.05, 4.69) is 15.4 Å². The van der Waals surface area contributed by atoms with Crippen molar-refractivity contribution >= 4 is 44.1 Å². The molecule has 1 atom stereocenters. The lowest BCUT2D eigenvalue weighted by molar-refractivity contribution is -0.116. The number of sulfone groups is 1. The maximum Gasteiger partial charge on any atom is 0.264 e. The lowest BCUT2D eigenvalue weighted by atomic mass is 10.3. The van der Waals surface area contributed by atoms with Crippen LogP contribution in [0.15, 0.2) is 35.5 Å². The van der Waals surface area contributed by atoms with Crippen molar-refractivity contribution in [1.82, 2.24) is 19.3 Å². The van der Waals surface area contributed by atoms with Gasteiger partial charge in [-0.25, -0.2) is 22.5 Å². The number of hydrogen-bond donors (Lipinski definition) is 1. The summed E-state index contributed by atoms with van der Waals surface area (Å²) in [5.74, 6) is -1.10. The molecular formula is C17H15ClFN5O4S. The van der Waals surface area contributed by atoms with E-state index in [4.69, 9.17) is 11.6 Å². The smallest absolute Gasteiger partial charge is 0.264 e. The minimum atomic E-state index is -3.12. The Morgan fingerprint density at radius 3 is 2.86 bits per heavy atom. The van der Waals surface area contributed by atoms with E-state index in [-0.39, 0.29) is 40.1 Å². The molecule has 0 aliphatic carbocycles. The molecule has 1 saturated heterocycles. The van der Waals surface area contributed by atoms with E-state index in [1.165, 1.54) is 29.3 Å². The number of rotatable bonds is 4. The first-order valence-electron chi connectivity index (χ1n) is 8.61. The van der Waals surface area contributed by atoms with Crippen LogP contribution >= 0.6 is 11.6 Å². The maximum absolute atomic E-state index is 13.2. The standard InChI is InChI=1S/C17H15ClFN5O4S/c18-13-5-10(1-2-14(13)19)22-15(25)7-23-9-20-16-12(17(23)26)6-21-24(16)11-3-4-29(27,28)8-11/h1-2,5-6,9,11H,3-4,7-8H2,(H,22,25). The van der Waals surface area contributed by atoms with Gasteiger partial charge in [-0.15, -0.1) is 0 Å². The number of carbonyl (C=O) groups excluding carboxylic acids is 1. The van der Waals surface area contributed by atoms with Crippen LogP contribution in [0, 0.1) is 5.82 Å². The Hall–Kier alpha value is -2.79. The van der Waals surface area contributed by atoms with Crippen molar-refractivity contribution in [2.75, 3.05) is 16.8 Å². The topological polar surface area (TPSA) is 116 Å². The van der Waals surface area contributed by atoms with Gasteiger partial charge in [0.25, 0.3) is 5.56 Å². The molecule has 3 heterocycles. The Balaban J connectivity index is 1.56. The summed E-state index contributed by atoms with van der Waals surface area (Å²) < 4.78 is 39.2. The summed E-state index contributed by atoms with van der Waals surface area (Å²) in [6.45, 7) is -0.320.